The van der Waals surface area contributed by atoms with Crippen LogP contribution in [0.4, 0.5) is 0 Å². The second-order valence-corrected chi connectivity index (χ2v) is 6.01. The Hall–Kier alpha value is -1.12. The van der Waals surface area contributed by atoms with Gasteiger partial charge in [-0.2, -0.15) is 11.3 Å². The molecule has 1 N–H and O–H groups in total. The van der Waals surface area contributed by atoms with Gasteiger partial charge in [-0.1, -0.05) is 30.3 Å². The molecule has 1 nitrogen and oxygen atoms in total. The molecule has 18 heavy (non-hydrogen) atoms. The molecular weight excluding hydrogens is 240 g/mol. The van der Waals surface area contributed by atoms with Gasteiger partial charge in [-0.25, -0.2) is 0 Å². The Kier molecular flexibility index (Phi) is 3.23. The van der Waals surface area contributed by atoms with E-state index in [-0.39, 0.29) is 0 Å². The van der Waals surface area contributed by atoms with E-state index in [1.165, 1.54) is 5.56 Å². The fourth-order valence-electron chi connectivity index (χ4n) is 2.97. The van der Waals surface area contributed by atoms with E-state index in [1.807, 2.05) is 0 Å². The van der Waals surface area contributed by atoms with Gasteiger partial charge < -0.3 is 5.11 Å². The van der Waals surface area contributed by atoms with Gasteiger partial charge in [0.15, 0.2) is 0 Å². The molecule has 1 aromatic carbocycles. The molecule has 0 atom stereocenters. The molecule has 3 rings (SSSR count). The summed E-state index contributed by atoms with van der Waals surface area (Å²) in [5, 5.41) is 14.8. The Bertz CT molecular complexity index is 481. The molecule has 1 saturated carbocycles. The average molecular weight is 258 g/mol. The quantitative estimate of drug-likeness (QED) is 0.851. The molecule has 1 aliphatic carbocycles. The minimum absolute atomic E-state index is 0.578. The van der Waals surface area contributed by atoms with Crippen molar-refractivity contribution in [2.45, 2.75) is 37.2 Å². The van der Waals surface area contributed by atoms with Gasteiger partial charge in [-0.15, -0.1) is 0 Å². The maximum absolute atomic E-state index is 10.7. The van der Waals surface area contributed by atoms with Crippen LogP contribution in [0.3, 0.4) is 0 Å². The van der Waals surface area contributed by atoms with Crippen LogP contribution in [0, 0.1) is 0 Å². The molecule has 0 unspecified atom stereocenters. The van der Waals surface area contributed by atoms with Crippen molar-refractivity contribution in [1.82, 2.24) is 0 Å². The number of hydrogen-bond acceptors (Lipinski definition) is 2. The third-order valence-corrected chi connectivity index (χ3v) is 4.83. The highest BCUT2D eigenvalue weighted by Gasteiger charge is 2.35. The molecule has 1 aromatic heterocycles. The van der Waals surface area contributed by atoms with E-state index in [0.29, 0.717) is 5.92 Å². The fraction of sp³-hybridized carbons (Fsp3) is 0.375. The third-order valence-electron chi connectivity index (χ3n) is 4.14. The Morgan fingerprint density at radius 2 is 1.78 bits per heavy atom. The summed E-state index contributed by atoms with van der Waals surface area (Å²) in [5.41, 5.74) is 1.95. The molecule has 0 saturated heterocycles. The van der Waals surface area contributed by atoms with E-state index >= 15 is 0 Å². The van der Waals surface area contributed by atoms with Crippen LogP contribution in [0.1, 0.15) is 42.7 Å². The molecule has 0 amide bonds. The smallest absolute Gasteiger partial charge is 0.0905 e. The Morgan fingerprint density at radius 1 is 1.06 bits per heavy atom. The van der Waals surface area contributed by atoms with E-state index in [0.717, 1.165) is 31.2 Å². The lowest BCUT2D eigenvalue weighted by Crippen LogP contribution is -2.30. The highest BCUT2D eigenvalue weighted by Crippen LogP contribution is 2.43. The first-order chi connectivity index (χ1) is 8.78. The average Bonchev–Trinajstić information content (AvgIpc) is 2.95. The minimum atomic E-state index is -0.578. The van der Waals surface area contributed by atoms with Crippen LogP contribution in [0.5, 0.6) is 0 Å². The first-order valence-corrected chi connectivity index (χ1v) is 7.52. The second kappa shape index (κ2) is 4.87. The monoisotopic (exact) mass is 258 g/mol. The predicted molar refractivity (Wildman–Crippen MR) is 75.9 cm³/mol. The zero-order chi connectivity index (χ0) is 12.4. The molecule has 1 heterocycles. The number of benzene rings is 1. The Balaban J connectivity index is 1.72. The summed E-state index contributed by atoms with van der Waals surface area (Å²) >= 11 is 1.67. The van der Waals surface area contributed by atoms with Crippen LogP contribution in [-0.2, 0) is 5.60 Å². The normalized spacial score (nSPS) is 28.2. The van der Waals surface area contributed by atoms with Crippen molar-refractivity contribution in [3.8, 4) is 0 Å². The lowest BCUT2D eigenvalue weighted by Gasteiger charge is -2.36. The molecule has 1 aliphatic rings. The van der Waals surface area contributed by atoms with Crippen molar-refractivity contribution in [3.63, 3.8) is 0 Å². The summed E-state index contributed by atoms with van der Waals surface area (Å²) in [5.74, 6) is 0.616. The zero-order valence-electron chi connectivity index (χ0n) is 10.4. The summed E-state index contributed by atoms with van der Waals surface area (Å²) < 4.78 is 0. The minimum Gasteiger partial charge on any atom is -0.385 e. The molecule has 0 radical (unpaired) electrons. The highest BCUT2D eigenvalue weighted by molar-refractivity contribution is 7.08. The number of hydrogen-bond donors (Lipinski definition) is 1. The van der Waals surface area contributed by atoms with Gasteiger partial charge in [0.25, 0.3) is 0 Å². The number of thiophene rings is 1. The van der Waals surface area contributed by atoms with E-state index in [2.05, 4.69) is 47.2 Å². The molecule has 1 fully saturated rings. The number of rotatable bonds is 2. The summed E-state index contributed by atoms with van der Waals surface area (Å²) in [4.78, 5) is 0. The van der Waals surface area contributed by atoms with Gasteiger partial charge in [-0.3, -0.25) is 0 Å². The van der Waals surface area contributed by atoms with Crippen LogP contribution in [0.25, 0.3) is 0 Å². The third kappa shape index (κ3) is 2.23. The lowest BCUT2D eigenvalue weighted by molar-refractivity contribution is -0.00528. The van der Waals surface area contributed by atoms with Crippen LogP contribution in [0.2, 0.25) is 0 Å². The standard InChI is InChI=1S/C16H18OS/c17-16(15-8-11-18-12-15)9-6-14(7-10-16)13-4-2-1-3-5-13/h1-5,8,11-12,14,17H,6-7,9-10H2. The first-order valence-electron chi connectivity index (χ1n) is 6.58. The van der Waals surface area contributed by atoms with Gasteiger partial charge in [0.1, 0.15) is 0 Å². The number of aliphatic hydroxyl groups is 1. The molecule has 2 aromatic rings. The summed E-state index contributed by atoms with van der Waals surface area (Å²) in [6.07, 6.45) is 3.92. The fourth-order valence-corrected chi connectivity index (χ4v) is 3.72. The second-order valence-electron chi connectivity index (χ2n) is 5.23. The Morgan fingerprint density at radius 3 is 2.39 bits per heavy atom. The van der Waals surface area contributed by atoms with Crippen molar-refractivity contribution in [2.24, 2.45) is 0 Å². The largest absolute Gasteiger partial charge is 0.385 e. The van der Waals surface area contributed by atoms with Crippen LogP contribution >= 0.6 is 11.3 Å². The van der Waals surface area contributed by atoms with Crippen LogP contribution < -0.4 is 0 Å². The molecule has 0 spiro atoms. The van der Waals surface area contributed by atoms with E-state index in [9.17, 15) is 5.11 Å². The maximum atomic E-state index is 10.7. The van der Waals surface area contributed by atoms with Crippen LogP contribution in [0.15, 0.2) is 47.2 Å². The van der Waals surface area contributed by atoms with Crippen LogP contribution in [-0.4, -0.2) is 5.11 Å². The highest BCUT2D eigenvalue weighted by atomic mass is 32.1. The Labute approximate surface area is 112 Å². The topological polar surface area (TPSA) is 20.2 Å². The van der Waals surface area contributed by atoms with E-state index in [1.54, 1.807) is 11.3 Å². The summed E-state index contributed by atoms with van der Waals surface area (Å²) in [7, 11) is 0. The van der Waals surface area contributed by atoms with Gasteiger partial charge in [0, 0.05) is 0 Å². The summed E-state index contributed by atoms with van der Waals surface area (Å²) in [6.45, 7) is 0. The van der Waals surface area contributed by atoms with Crippen molar-refractivity contribution in [2.75, 3.05) is 0 Å². The van der Waals surface area contributed by atoms with Gasteiger partial charge in [0.05, 0.1) is 5.60 Å². The molecule has 0 aliphatic heterocycles. The lowest BCUT2D eigenvalue weighted by atomic mass is 9.74. The van der Waals surface area contributed by atoms with Crippen molar-refractivity contribution >= 4 is 11.3 Å². The zero-order valence-corrected chi connectivity index (χ0v) is 11.2. The van der Waals surface area contributed by atoms with Gasteiger partial charge >= 0.3 is 0 Å². The SMILES string of the molecule is OC1(c2ccsc2)CCC(c2ccccc2)CC1. The predicted octanol–water partition coefficient (Wildman–Crippen LogP) is 4.29. The first kappa shape index (κ1) is 11.9. The molecule has 0 bridgehead atoms. The van der Waals surface area contributed by atoms with Crippen molar-refractivity contribution < 1.29 is 5.11 Å². The van der Waals surface area contributed by atoms with E-state index < -0.39 is 5.60 Å². The summed E-state index contributed by atoms with van der Waals surface area (Å²) in [6, 6.07) is 12.8. The van der Waals surface area contributed by atoms with Gasteiger partial charge in [-0.05, 0) is 59.6 Å². The van der Waals surface area contributed by atoms with Crippen molar-refractivity contribution in [1.29, 1.82) is 0 Å². The molecule has 94 valence electrons. The molecule has 2 heteroatoms. The maximum Gasteiger partial charge on any atom is 0.0905 e. The van der Waals surface area contributed by atoms with Gasteiger partial charge in [0.2, 0.25) is 0 Å². The molecular formula is C16H18OS. The van der Waals surface area contributed by atoms with E-state index in [4.69, 9.17) is 0 Å². The van der Waals surface area contributed by atoms with Crippen molar-refractivity contribution in [3.05, 3.63) is 58.3 Å².